The zero-order valence-corrected chi connectivity index (χ0v) is 11.0. The fourth-order valence-corrected chi connectivity index (χ4v) is 2.43. The van der Waals surface area contributed by atoms with E-state index >= 15 is 0 Å². The molecular weight excluding hydrogens is 326 g/mol. The van der Waals surface area contributed by atoms with Gasteiger partial charge in [-0.05, 0) is 39.7 Å². The Kier molecular flexibility index (Phi) is 3.83. The number of benzene rings is 1. The first-order chi connectivity index (χ1) is 7.31. The molecule has 3 nitrogen and oxygen atoms in total. The van der Waals surface area contributed by atoms with Gasteiger partial charge in [0.15, 0.2) is 0 Å². The molecule has 1 atom stereocenters. The quantitative estimate of drug-likeness (QED) is 0.680. The molecule has 1 unspecified atom stereocenters. The molecule has 2 rings (SSSR count). The molecule has 0 saturated heterocycles. The SMILES string of the molecule is OC1=C(c2ccc(OPI)cc2)COC1. The molecule has 1 aliphatic heterocycles. The zero-order chi connectivity index (χ0) is 10.7. The lowest BCUT2D eigenvalue weighted by Gasteiger charge is -2.04. The normalized spacial score (nSPS) is 16.6. The highest BCUT2D eigenvalue weighted by Crippen LogP contribution is 2.29. The maximum atomic E-state index is 9.54. The van der Waals surface area contributed by atoms with Crippen LogP contribution in [0.2, 0.25) is 0 Å². The lowest BCUT2D eigenvalue weighted by atomic mass is 10.1. The molecule has 0 spiro atoms. The van der Waals surface area contributed by atoms with Gasteiger partial charge >= 0.3 is 0 Å². The van der Waals surface area contributed by atoms with Gasteiger partial charge in [-0.2, -0.15) is 0 Å². The summed E-state index contributed by atoms with van der Waals surface area (Å²) in [6.45, 7) is 1.23. The standard InChI is InChI=1S/C10H10IO3P/c11-15-14-8-3-1-7(2-4-8)9-5-13-6-10(9)12/h1-4,12,15H,5-6H2. The summed E-state index contributed by atoms with van der Waals surface area (Å²) in [5, 5.41) is 9.54. The van der Waals surface area contributed by atoms with Crippen LogP contribution in [-0.2, 0) is 4.74 Å². The minimum absolute atomic E-state index is 0.322. The lowest BCUT2D eigenvalue weighted by Crippen LogP contribution is -1.88. The Morgan fingerprint density at radius 3 is 2.53 bits per heavy atom. The molecule has 0 aromatic heterocycles. The van der Waals surface area contributed by atoms with Crippen molar-refractivity contribution in [3.8, 4) is 5.75 Å². The summed E-state index contributed by atoms with van der Waals surface area (Å²) < 4.78 is 10.5. The number of aliphatic hydroxyl groups is 1. The van der Waals surface area contributed by atoms with Crippen LogP contribution in [-0.4, -0.2) is 18.3 Å². The summed E-state index contributed by atoms with van der Waals surface area (Å²) in [4.78, 5) is 0. The van der Waals surface area contributed by atoms with Gasteiger partial charge in [0.2, 0.25) is 0 Å². The van der Waals surface area contributed by atoms with Crippen LogP contribution in [0.15, 0.2) is 30.0 Å². The Hall–Kier alpha value is -0.320. The fourth-order valence-electron chi connectivity index (χ4n) is 1.44. The summed E-state index contributed by atoms with van der Waals surface area (Å²) in [5.41, 5.74) is 1.87. The topological polar surface area (TPSA) is 38.7 Å². The number of hydrogen-bond donors (Lipinski definition) is 1. The molecule has 80 valence electrons. The average molecular weight is 336 g/mol. The predicted molar refractivity (Wildman–Crippen MR) is 69.8 cm³/mol. The second-order valence-electron chi connectivity index (χ2n) is 3.12. The molecule has 1 aliphatic rings. The van der Waals surface area contributed by atoms with Crippen molar-refractivity contribution in [3.05, 3.63) is 35.6 Å². The highest BCUT2D eigenvalue weighted by molar-refractivity contribution is 14.2. The van der Waals surface area contributed by atoms with E-state index in [2.05, 4.69) is 22.0 Å². The average Bonchev–Trinajstić information content (AvgIpc) is 2.66. The monoisotopic (exact) mass is 336 g/mol. The largest absolute Gasteiger partial charge is 0.509 e. The van der Waals surface area contributed by atoms with E-state index in [1.165, 1.54) is 0 Å². The van der Waals surface area contributed by atoms with Crippen molar-refractivity contribution in [2.75, 3.05) is 13.2 Å². The summed E-state index contributed by atoms with van der Waals surface area (Å²) >= 11 is 2.18. The Morgan fingerprint density at radius 2 is 2.00 bits per heavy atom. The maximum absolute atomic E-state index is 9.54. The maximum Gasteiger partial charge on any atom is 0.137 e. The third-order valence-corrected chi connectivity index (χ3v) is 3.17. The Bertz CT molecular complexity index is 375. The van der Waals surface area contributed by atoms with Crippen molar-refractivity contribution in [2.45, 2.75) is 0 Å². The smallest absolute Gasteiger partial charge is 0.137 e. The van der Waals surface area contributed by atoms with Crippen molar-refractivity contribution >= 4 is 34.1 Å². The number of ether oxygens (including phenoxy) is 1. The third kappa shape index (κ3) is 2.62. The molecule has 0 aliphatic carbocycles. The molecule has 15 heavy (non-hydrogen) atoms. The van der Waals surface area contributed by atoms with Gasteiger partial charge in [-0.25, -0.2) is 0 Å². The van der Waals surface area contributed by atoms with Crippen molar-refractivity contribution in [1.29, 1.82) is 0 Å². The van der Waals surface area contributed by atoms with Gasteiger partial charge in [-0.3, -0.25) is 0 Å². The van der Waals surface area contributed by atoms with Crippen molar-refractivity contribution in [1.82, 2.24) is 0 Å². The molecule has 1 aromatic carbocycles. The van der Waals surface area contributed by atoms with E-state index in [0.29, 0.717) is 25.4 Å². The first-order valence-corrected chi connectivity index (χ1v) is 8.45. The number of rotatable bonds is 3. The Balaban J connectivity index is 2.20. The van der Waals surface area contributed by atoms with E-state index in [0.717, 1.165) is 16.9 Å². The molecule has 1 N–H and O–H groups in total. The second-order valence-corrected chi connectivity index (χ2v) is 4.80. The summed E-state index contributed by atoms with van der Waals surface area (Å²) in [6.07, 6.45) is 0. The van der Waals surface area contributed by atoms with Gasteiger partial charge in [-0.1, -0.05) is 12.1 Å². The van der Waals surface area contributed by atoms with Crippen LogP contribution in [0.4, 0.5) is 0 Å². The third-order valence-electron chi connectivity index (χ3n) is 2.19. The van der Waals surface area contributed by atoms with Crippen molar-refractivity contribution in [3.63, 3.8) is 0 Å². The summed E-state index contributed by atoms with van der Waals surface area (Å²) in [7, 11) is 0. The number of halogens is 1. The minimum Gasteiger partial charge on any atom is -0.509 e. The van der Waals surface area contributed by atoms with Gasteiger partial charge in [0.05, 0.1) is 6.61 Å². The molecule has 1 aromatic rings. The first-order valence-electron chi connectivity index (χ1n) is 4.43. The van der Waals surface area contributed by atoms with E-state index < -0.39 is 0 Å². The number of hydrogen-bond acceptors (Lipinski definition) is 3. The van der Waals surface area contributed by atoms with Crippen LogP contribution >= 0.6 is 28.5 Å². The molecule has 0 saturated carbocycles. The molecular formula is C10H10IO3P. The van der Waals surface area contributed by atoms with Gasteiger partial charge in [0, 0.05) is 5.57 Å². The Labute approximate surface area is 103 Å². The van der Waals surface area contributed by atoms with Crippen LogP contribution in [0.25, 0.3) is 5.57 Å². The van der Waals surface area contributed by atoms with Gasteiger partial charge in [0.25, 0.3) is 0 Å². The van der Waals surface area contributed by atoms with Crippen LogP contribution in [0.1, 0.15) is 5.56 Å². The second kappa shape index (κ2) is 5.14. The zero-order valence-electron chi connectivity index (χ0n) is 7.87. The summed E-state index contributed by atoms with van der Waals surface area (Å²) in [5.74, 6) is 1.19. The van der Waals surface area contributed by atoms with E-state index in [4.69, 9.17) is 9.26 Å². The minimum atomic E-state index is 0.322. The molecule has 1 heterocycles. The predicted octanol–water partition coefficient (Wildman–Crippen LogP) is 3.31. The van der Waals surface area contributed by atoms with Crippen molar-refractivity contribution < 1.29 is 14.4 Å². The van der Waals surface area contributed by atoms with Crippen LogP contribution in [0, 0.1) is 0 Å². The fraction of sp³-hybridized carbons (Fsp3) is 0.200. The molecule has 5 heteroatoms. The molecule has 0 amide bonds. The molecule has 0 bridgehead atoms. The van der Waals surface area contributed by atoms with E-state index in [9.17, 15) is 5.11 Å². The Morgan fingerprint density at radius 1 is 1.27 bits per heavy atom. The molecule has 0 fully saturated rings. The van der Waals surface area contributed by atoms with Crippen molar-refractivity contribution in [2.24, 2.45) is 0 Å². The van der Waals surface area contributed by atoms with E-state index in [1.807, 2.05) is 24.3 Å². The van der Waals surface area contributed by atoms with Crippen LogP contribution in [0.5, 0.6) is 5.75 Å². The highest BCUT2D eigenvalue weighted by Gasteiger charge is 2.15. The first kappa shape index (κ1) is 11.2. The number of aliphatic hydroxyl groups excluding tert-OH is 1. The molecule has 0 radical (unpaired) electrons. The van der Waals surface area contributed by atoms with Crippen LogP contribution in [0.3, 0.4) is 0 Å². The highest BCUT2D eigenvalue weighted by atomic mass is 127. The summed E-state index contributed by atoms with van der Waals surface area (Å²) in [6, 6.07) is 7.68. The van der Waals surface area contributed by atoms with E-state index in [1.54, 1.807) is 0 Å². The van der Waals surface area contributed by atoms with Gasteiger partial charge < -0.3 is 14.4 Å². The van der Waals surface area contributed by atoms with Gasteiger partial charge in [0.1, 0.15) is 24.6 Å². The lowest BCUT2D eigenvalue weighted by molar-refractivity contribution is 0.185. The van der Waals surface area contributed by atoms with Gasteiger partial charge in [-0.15, -0.1) is 0 Å². The van der Waals surface area contributed by atoms with Crippen LogP contribution < -0.4 is 4.52 Å². The van der Waals surface area contributed by atoms with E-state index in [-0.39, 0.29) is 0 Å².